The number of ether oxygens (including phenoxy) is 1. The van der Waals surface area contributed by atoms with Gasteiger partial charge in [-0.3, -0.25) is 4.79 Å². The molecule has 0 aliphatic rings. The number of aromatic nitrogens is 4. The minimum atomic E-state index is -0.256. The maximum Gasteiger partial charge on any atom is 0.234 e. The van der Waals surface area contributed by atoms with Gasteiger partial charge in [0.05, 0.1) is 28.6 Å². The molecule has 10 heteroatoms. The molecule has 0 unspecified atom stereocenters. The number of tetrazole rings is 1. The van der Waals surface area contributed by atoms with Crippen molar-refractivity contribution in [3.05, 3.63) is 52.5 Å². The average molecular weight is 410 g/mol. The number of thioether (sulfide) groups is 1. The van der Waals surface area contributed by atoms with Crippen molar-refractivity contribution in [2.45, 2.75) is 5.16 Å². The average Bonchev–Trinajstić information content (AvgIpc) is 3.12. The summed E-state index contributed by atoms with van der Waals surface area (Å²) in [6, 6.07) is 12.4. The van der Waals surface area contributed by atoms with Gasteiger partial charge in [0.25, 0.3) is 0 Å². The number of carbonyl (C=O) groups excluding carboxylic acids is 1. The monoisotopic (exact) mass is 409 g/mol. The Balaban J connectivity index is 1.70. The van der Waals surface area contributed by atoms with Gasteiger partial charge in [-0.15, -0.1) is 5.10 Å². The molecule has 0 aliphatic carbocycles. The minimum Gasteiger partial charge on any atom is -0.494 e. The Kier molecular flexibility index (Phi) is 5.97. The first kappa shape index (κ1) is 18.5. The number of anilines is 1. The molecule has 1 aromatic heterocycles. The molecule has 3 rings (SSSR count). The molecule has 1 N–H and O–H groups in total. The minimum absolute atomic E-state index is 0.0956. The molecule has 3 aromatic rings. The second kappa shape index (κ2) is 8.39. The maximum absolute atomic E-state index is 12.2. The van der Waals surface area contributed by atoms with Crippen LogP contribution in [0.1, 0.15) is 0 Å². The Bertz CT molecular complexity index is 935. The molecule has 0 saturated carbocycles. The maximum atomic E-state index is 12.2. The second-order valence-electron chi connectivity index (χ2n) is 4.98. The van der Waals surface area contributed by atoms with Crippen LogP contribution in [0.5, 0.6) is 5.75 Å². The van der Waals surface area contributed by atoms with E-state index in [0.29, 0.717) is 32.3 Å². The first-order valence-corrected chi connectivity index (χ1v) is 9.12. The van der Waals surface area contributed by atoms with Crippen LogP contribution in [0, 0.1) is 0 Å². The topological polar surface area (TPSA) is 81.9 Å². The van der Waals surface area contributed by atoms with Gasteiger partial charge in [-0.05, 0) is 34.7 Å². The number of amides is 1. The van der Waals surface area contributed by atoms with Gasteiger partial charge in [-0.2, -0.15) is 4.68 Å². The highest BCUT2D eigenvalue weighted by Crippen LogP contribution is 2.30. The van der Waals surface area contributed by atoms with Gasteiger partial charge in [0.1, 0.15) is 11.4 Å². The number of nitrogens with one attached hydrogen (secondary N) is 1. The fraction of sp³-hybridized carbons (Fsp3) is 0.125. The van der Waals surface area contributed by atoms with Crippen LogP contribution < -0.4 is 10.1 Å². The van der Waals surface area contributed by atoms with E-state index in [4.69, 9.17) is 27.9 Å². The molecule has 0 aliphatic heterocycles. The molecule has 26 heavy (non-hydrogen) atoms. The van der Waals surface area contributed by atoms with E-state index < -0.39 is 0 Å². The highest BCUT2D eigenvalue weighted by Gasteiger charge is 2.15. The van der Waals surface area contributed by atoms with Crippen LogP contribution in [0.25, 0.3) is 5.69 Å². The molecular weight excluding hydrogens is 397 g/mol. The lowest BCUT2D eigenvalue weighted by atomic mass is 10.3. The largest absolute Gasteiger partial charge is 0.494 e. The van der Waals surface area contributed by atoms with E-state index in [9.17, 15) is 4.79 Å². The number of rotatable bonds is 6. The Morgan fingerprint density at radius 1 is 1.23 bits per heavy atom. The second-order valence-corrected chi connectivity index (χ2v) is 6.71. The highest BCUT2D eigenvalue weighted by molar-refractivity contribution is 7.99. The molecule has 0 spiro atoms. The number of benzene rings is 2. The zero-order valence-electron chi connectivity index (χ0n) is 13.5. The van der Waals surface area contributed by atoms with Crippen molar-refractivity contribution in [2.24, 2.45) is 0 Å². The summed E-state index contributed by atoms with van der Waals surface area (Å²) in [5.74, 6) is 0.462. The number of methoxy groups -OCH3 is 1. The number of halogens is 2. The Morgan fingerprint density at radius 2 is 2.04 bits per heavy atom. The van der Waals surface area contributed by atoms with Crippen LogP contribution >= 0.6 is 35.0 Å². The van der Waals surface area contributed by atoms with E-state index in [1.165, 1.54) is 16.4 Å². The van der Waals surface area contributed by atoms with E-state index in [1.54, 1.807) is 31.4 Å². The van der Waals surface area contributed by atoms with Crippen LogP contribution in [0.2, 0.25) is 10.0 Å². The van der Waals surface area contributed by atoms with Crippen molar-refractivity contribution >= 4 is 46.6 Å². The van der Waals surface area contributed by atoms with Crippen molar-refractivity contribution in [1.82, 2.24) is 20.2 Å². The number of carbonyl (C=O) groups is 1. The van der Waals surface area contributed by atoms with E-state index >= 15 is 0 Å². The van der Waals surface area contributed by atoms with Crippen molar-refractivity contribution in [3.63, 3.8) is 0 Å². The predicted octanol–water partition coefficient (Wildman–Crippen LogP) is 3.71. The first-order valence-electron chi connectivity index (χ1n) is 7.38. The van der Waals surface area contributed by atoms with E-state index in [2.05, 4.69) is 20.8 Å². The third kappa shape index (κ3) is 4.09. The van der Waals surface area contributed by atoms with Crippen LogP contribution in [0.4, 0.5) is 5.69 Å². The Labute approximate surface area is 163 Å². The molecule has 0 bridgehead atoms. The number of para-hydroxylation sites is 2. The molecule has 0 saturated heterocycles. The van der Waals surface area contributed by atoms with Gasteiger partial charge in [0.15, 0.2) is 0 Å². The molecule has 1 heterocycles. The summed E-state index contributed by atoms with van der Waals surface area (Å²) in [6.45, 7) is 0. The summed E-state index contributed by atoms with van der Waals surface area (Å²) in [5, 5.41) is 15.5. The molecule has 2 aromatic carbocycles. The number of hydrogen-bond acceptors (Lipinski definition) is 6. The van der Waals surface area contributed by atoms with Crippen LogP contribution in [-0.2, 0) is 4.79 Å². The highest BCUT2D eigenvalue weighted by atomic mass is 35.5. The van der Waals surface area contributed by atoms with Gasteiger partial charge in [0.2, 0.25) is 11.1 Å². The SMILES string of the molecule is COc1ccccc1-n1nnnc1SCC(=O)Nc1cccc(Cl)c1Cl. The molecular formula is C16H13Cl2N5O2S. The molecule has 0 fully saturated rings. The van der Waals surface area contributed by atoms with Gasteiger partial charge < -0.3 is 10.1 Å². The molecule has 1 amide bonds. The van der Waals surface area contributed by atoms with Crippen LogP contribution in [0.15, 0.2) is 47.6 Å². The summed E-state index contributed by atoms with van der Waals surface area (Å²) in [4.78, 5) is 12.2. The number of hydrogen-bond donors (Lipinski definition) is 1. The molecule has 0 radical (unpaired) electrons. The Hall–Kier alpha value is -2.29. The summed E-state index contributed by atoms with van der Waals surface area (Å²) in [6.07, 6.45) is 0. The lowest BCUT2D eigenvalue weighted by molar-refractivity contribution is -0.113. The van der Waals surface area contributed by atoms with Gasteiger partial charge in [-0.25, -0.2) is 0 Å². The summed E-state index contributed by atoms with van der Waals surface area (Å²) < 4.78 is 6.84. The first-order chi connectivity index (χ1) is 12.6. The zero-order chi connectivity index (χ0) is 18.5. The summed E-state index contributed by atoms with van der Waals surface area (Å²) in [5.41, 5.74) is 1.13. The quantitative estimate of drug-likeness (QED) is 0.624. The summed E-state index contributed by atoms with van der Waals surface area (Å²) >= 11 is 13.2. The standard InChI is InChI=1S/C16H13Cl2N5O2S/c1-25-13-8-3-2-7-12(13)23-16(20-21-22-23)26-9-14(24)19-11-6-4-5-10(17)15(11)18/h2-8H,9H2,1H3,(H,19,24). The van der Waals surface area contributed by atoms with Gasteiger partial charge >= 0.3 is 0 Å². The fourth-order valence-corrected chi connectivity index (χ4v) is 3.17. The van der Waals surface area contributed by atoms with Crippen molar-refractivity contribution in [1.29, 1.82) is 0 Å². The van der Waals surface area contributed by atoms with Crippen molar-refractivity contribution in [3.8, 4) is 11.4 Å². The lowest BCUT2D eigenvalue weighted by Crippen LogP contribution is -2.15. The third-order valence-corrected chi connectivity index (χ3v) is 5.05. The van der Waals surface area contributed by atoms with E-state index in [1.807, 2.05) is 18.2 Å². The van der Waals surface area contributed by atoms with E-state index in [-0.39, 0.29) is 11.7 Å². The van der Waals surface area contributed by atoms with E-state index in [0.717, 1.165) is 0 Å². The van der Waals surface area contributed by atoms with Crippen LogP contribution in [-0.4, -0.2) is 39.0 Å². The Morgan fingerprint density at radius 3 is 2.85 bits per heavy atom. The molecule has 134 valence electrons. The fourth-order valence-electron chi connectivity index (χ4n) is 2.14. The van der Waals surface area contributed by atoms with Gasteiger partial charge in [0, 0.05) is 0 Å². The number of nitrogens with zero attached hydrogens (tertiary/aromatic N) is 4. The van der Waals surface area contributed by atoms with Gasteiger partial charge in [-0.1, -0.05) is 53.2 Å². The normalized spacial score (nSPS) is 10.6. The van der Waals surface area contributed by atoms with Crippen molar-refractivity contribution < 1.29 is 9.53 Å². The van der Waals surface area contributed by atoms with Crippen LogP contribution in [0.3, 0.4) is 0 Å². The molecule has 0 atom stereocenters. The van der Waals surface area contributed by atoms with Crippen molar-refractivity contribution in [2.75, 3.05) is 18.2 Å². The molecule has 7 nitrogen and oxygen atoms in total. The zero-order valence-corrected chi connectivity index (χ0v) is 15.8. The summed E-state index contributed by atoms with van der Waals surface area (Å²) in [7, 11) is 1.57. The lowest BCUT2D eigenvalue weighted by Gasteiger charge is -2.09. The third-order valence-electron chi connectivity index (χ3n) is 3.31. The smallest absolute Gasteiger partial charge is 0.234 e. The predicted molar refractivity (Wildman–Crippen MR) is 102 cm³/mol.